The van der Waals surface area contributed by atoms with Gasteiger partial charge in [0.2, 0.25) is 0 Å². The molecule has 1 aliphatic heterocycles. The van der Waals surface area contributed by atoms with Crippen molar-refractivity contribution in [2.45, 2.75) is 43.5 Å². The predicted molar refractivity (Wildman–Crippen MR) is 124 cm³/mol. The van der Waals surface area contributed by atoms with Gasteiger partial charge in [-0.1, -0.05) is 61.3 Å². The van der Waals surface area contributed by atoms with E-state index in [0.29, 0.717) is 21.4 Å². The van der Waals surface area contributed by atoms with Crippen molar-refractivity contribution >= 4 is 46.9 Å². The second-order valence-electron chi connectivity index (χ2n) is 8.02. The van der Waals surface area contributed by atoms with Gasteiger partial charge in [0.1, 0.15) is 0 Å². The summed E-state index contributed by atoms with van der Waals surface area (Å²) < 4.78 is 0. The molecule has 0 bridgehead atoms. The number of benzene rings is 2. The predicted octanol–water partition coefficient (Wildman–Crippen LogP) is 5.76. The summed E-state index contributed by atoms with van der Waals surface area (Å²) in [5.41, 5.74) is 2.15. The van der Waals surface area contributed by atoms with Crippen LogP contribution in [-0.4, -0.2) is 24.9 Å². The molecule has 2 aromatic carbocycles. The van der Waals surface area contributed by atoms with Crippen LogP contribution >= 0.6 is 23.4 Å². The van der Waals surface area contributed by atoms with Crippen LogP contribution in [0.2, 0.25) is 5.02 Å². The monoisotopic (exact) mass is 440 g/mol. The summed E-state index contributed by atoms with van der Waals surface area (Å²) in [5, 5.41) is 3.80. The molecule has 0 saturated heterocycles. The third-order valence-electron chi connectivity index (χ3n) is 5.94. The Labute approximate surface area is 186 Å². The minimum absolute atomic E-state index is 0.0696. The zero-order valence-electron chi connectivity index (χ0n) is 17.2. The number of rotatable bonds is 3. The quantitative estimate of drug-likeness (QED) is 0.617. The van der Waals surface area contributed by atoms with Crippen molar-refractivity contribution < 1.29 is 9.59 Å². The third kappa shape index (κ3) is 4.28. The number of carbonyl (C=O) groups is 2. The highest BCUT2D eigenvalue weighted by Crippen LogP contribution is 2.42. The van der Waals surface area contributed by atoms with Crippen LogP contribution in [0.4, 0.5) is 5.69 Å². The maximum absolute atomic E-state index is 12.9. The maximum atomic E-state index is 12.9. The van der Waals surface area contributed by atoms with Gasteiger partial charge in [-0.3, -0.25) is 9.59 Å². The van der Waals surface area contributed by atoms with Gasteiger partial charge in [0, 0.05) is 28.6 Å². The normalized spacial score (nSPS) is 22.7. The topological polar surface area (TPSA) is 49.4 Å². The zero-order valence-corrected chi connectivity index (χ0v) is 18.7. The van der Waals surface area contributed by atoms with Crippen LogP contribution in [0.15, 0.2) is 52.3 Å². The van der Waals surface area contributed by atoms with Crippen molar-refractivity contribution in [2.75, 3.05) is 11.9 Å². The van der Waals surface area contributed by atoms with E-state index < -0.39 is 0 Å². The molecule has 156 valence electrons. The van der Waals surface area contributed by atoms with Crippen LogP contribution in [0, 0.1) is 5.92 Å². The molecule has 6 heteroatoms. The van der Waals surface area contributed by atoms with Crippen LogP contribution in [-0.2, 0) is 4.79 Å². The van der Waals surface area contributed by atoms with Crippen molar-refractivity contribution in [3.05, 3.63) is 63.5 Å². The Bertz CT molecular complexity index is 1020. The van der Waals surface area contributed by atoms with Gasteiger partial charge in [-0.25, -0.2) is 0 Å². The van der Waals surface area contributed by atoms with E-state index in [1.165, 1.54) is 18.2 Å². The molecule has 4 nitrogen and oxygen atoms in total. The first-order chi connectivity index (χ1) is 14.4. The summed E-state index contributed by atoms with van der Waals surface area (Å²) in [6, 6.07) is 13.2. The van der Waals surface area contributed by atoms with Gasteiger partial charge in [0.05, 0.1) is 10.6 Å². The molecule has 2 aliphatic rings. The second kappa shape index (κ2) is 8.86. The fourth-order valence-corrected chi connectivity index (χ4v) is 5.32. The Morgan fingerprint density at radius 2 is 1.97 bits per heavy atom. The summed E-state index contributed by atoms with van der Waals surface area (Å²) in [5.74, 6) is 0.323. The maximum Gasteiger partial charge on any atom is 0.264 e. The van der Waals surface area contributed by atoms with E-state index in [9.17, 15) is 9.59 Å². The highest BCUT2D eigenvalue weighted by molar-refractivity contribution is 8.04. The average molecular weight is 441 g/mol. The number of carbonyl (C=O) groups excluding carboxylic acids is 2. The number of hydrogen-bond donors (Lipinski definition) is 1. The lowest BCUT2D eigenvalue weighted by Gasteiger charge is -2.30. The molecule has 30 heavy (non-hydrogen) atoms. The lowest BCUT2D eigenvalue weighted by Crippen LogP contribution is -2.41. The highest BCUT2D eigenvalue weighted by atomic mass is 35.5. The fraction of sp³-hybridized carbons (Fsp3) is 0.333. The van der Waals surface area contributed by atoms with E-state index in [2.05, 4.69) is 12.2 Å². The van der Waals surface area contributed by atoms with E-state index in [1.54, 1.807) is 11.9 Å². The van der Waals surface area contributed by atoms with Gasteiger partial charge in [-0.15, -0.1) is 0 Å². The minimum Gasteiger partial charge on any atom is -0.349 e. The van der Waals surface area contributed by atoms with Gasteiger partial charge in [-0.05, 0) is 54.7 Å². The summed E-state index contributed by atoms with van der Waals surface area (Å²) in [7, 11) is 1.74. The molecule has 1 aliphatic carbocycles. The Hall–Kier alpha value is -2.24. The lowest BCUT2D eigenvalue weighted by molar-refractivity contribution is -0.114. The third-order valence-corrected chi connectivity index (χ3v) is 7.36. The molecule has 1 heterocycles. The van der Waals surface area contributed by atoms with Crippen molar-refractivity contribution in [2.24, 2.45) is 5.92 Å². The van der Waals surface area contributed by atoms with Crippen molar-refractivity contribution in [1.29, 1.82) is 0 Å². The van der Waals surface area contributed by atoms with Crippen molar-refractivity contribution in [3.63, 3.8) is 0 Å². The number of amides is 2. The standard InChI is InChI=1S/C24H25ClN2O2S/c1-15-7-3-6-10-19(15)26-23(28)17-11-12-21-20(13-17)27(2)24(29)22(30-21)14-16-8-4-5-9-18(16)25/h4-5,8-9,11-15,19H,3,6-7,10H2,1-2H3,(H,26,28)/b22-14-. The Balaban J connectivity index is 1.57. The van der Waals surface area contributed by atoms with E-state index in [1.807, 2.05) is 48.5 Å². The number of likely N-dealkylation sites (N-methyl/N-ethyl adjacent to an activating group) is 1. The van der Waals surface area contributed by atoms with E-state index >= 15 is 0 Å². The molecule has 2 aromatic rings. The van der Waals surface area contributed by atoms with Gasteiger partial charge < -0.3 is 10.2 Å². The number of halogens is 1. The van der Waals surface area contributed by atoms with Crippen LogP contribution in [0.25, 0.3) is 6.08 Å². The summed E-state index contributed by atoms with van der Waals surface area (Å²) >= 11 is 7.66. The molecule has 0 radical (unpaired) electrons. The SMILES string of the molecule is CC1CCCCC1NC(=O)c1ccc2c(c1)N(C)C(=O)/C(=C/c1ccccc1Cl)S2. The van der Waals surface area contributed by atoms with Gasteiger partial charge in [-0.2, -0.15) is 0 Å². The van der Waals surface area contributed by atoms with Crippen LogP contribution in [0.1, 0.15) is 48.5 Å². The number of thioether (sulfide) groups is 1. The van der Waals surface area contributed by atoms with Crippen molar-refractivity contribution in [3.8, 4) is 0 Å². The van der Waals surface area contributed by atoms with Crippen molar-refractivity contribution in [1.82, 2.24) is 5.32 Å². The first-order valence-corrected chi connectivity index (χ1v) is 11.5. The summed E-state index contributed by atoms with van der Waals surface area (Å²) in [6.45, 7) is 2.20. The Kier molecular flexibility index (Phi) is 6.21. The molecular formula is C24H25ClN2O2S. The summed E-state index contributed by atoms with van der Waals surface area (Å²) in [4.78, 5) is 28.9. The molecule has 1 saturated carbocycles. The molecule has 0 aromatic heterocycles. The number of hydrogen-bond acceptors (Lipinski definition) is 3. The molecule has 2 amide bonds. The second-order valence-corrected chi connectivity index (χ2v) is 9.51. The van der Waals surface area contributed by atoms with Gasteiger partial charge >= 0.3 is 0 Å². The minimum atomic E-state index is -0.106. The molecule has 1 fully saturated rings. The lowest BCUT2D eigenvalue weighted by atomic mass is 9.86. The molecular weight excluding hydrogens is 416 g/mol. The first kappa shape index (κ1) is 21.0. The van der Waals surface area contributed by atoms with Crippen LogP contribution < -0.4 is 10.2 Å². The van der Waals surface area contributed by atoms with E-state index in [-0.39, 0.29) is 17.9 Å². The average Bonchev–Trinajstić information content (AvgIpc) is 2.74. The number of nitrogens with one attached hydrogen (secondary N) is 1. The van der Waals surface area contributed by atoms with Crippen LogP contribution in [0.5, 0.6) is 0 Å². The van der Waals surface area contributed by atoms with Gasteiger partial charge in [0.25, 0.3) is 11.8 Å². The molecule has 0 spiro atoms. The molecule has 2 unspecified atom stereocenters. The highest BCUT2D eigenvalue weighted by Gasteiger charge is 2.28. The zero-order chi connectivity index (χ0) is 21.3. The van der Waals surface area contributed by atoms with Gasteiger partial charge in [0.15, 0.2) is 0 Å². The molecule has 1 N–H and O–H groups in total. The summed E-state index contributed by atoms with van der Waals surface area (Å²) in [6.07, 6.45) is 6.40. The number of anilines is 1. The fourth-order valence-electron chi connectivity index (χ4n) is 4.05. The van der Waals surface area contributed by atoms with E-state index in [4.69, 9.17) is 11.6 Å². The molecule has 4 rings (SSSR count). The number of fused-ring (bicyclic) bond motifs is 1. The molecule has 2 atom stereocenters. The van der Waals surface area contributed by atoms with Crippen LogP contribution in [0.3, 0.4) is 0 Å². The Morgan fingerprint density at radius 3 is 2.73 bits per heavy atom. The smallest absolute Gasteiger partial charge is 0.264 e. The Morgan fingerprint density at radius 1 is 1.20 bits per heavy atom. The number of nitrogens with zero attached hydrogens (tertiary/aromatic N) is 1. The largest absolute Gasteiger partial charge is 0.349 e. The first-order valence-electron chi connectivity index (χ1n) is 10.3. The van der Waals surface area contributed by atoms with E-state index in [0.717, 1.165) is 35.4 Å².